The van der Waals surface area contributed by atoms with Gasteiger partial charge in [-0.05, 0) is 33.1 Å². The van der Waals surface area contributed by atoms with Gasteiger partial charge in [0.2, 0.25) is 0 Å². The SMILES string of the molecule is O=C(c1cc(Cl)c(Br)[nH]1)N1CC=C(c2ccccc2)C1. The normalized spacial score (nSPS) is 14.5. The minimum absolute atomic E-state index is 0.0419. The molecule has 2 heterocycles. The fraction of sp³-hybridized carbons (Fsp3) is 0.133. The van der Waals surface area contributed by atoms with E-state index in [4.69, 9.17) is 11.6 Å². The lowest BCUT2D eigenvalue weighted by Crippen LogP contribution is -2.29. The molecule has 0 fully saturated rings. The third-order valence-electron chi connectivity index (χ3n) is 3.31. The van der Waals surface area contributed by atoms with Crippen molar-refractivity contribution in [1.82, 2.24) is 9.88 Å². The van der Waals surface area contributed by atoms with Crippen LogP contribution in [0.2, 0.25) is 5.02 Å². The Hall–Kier alpha value is -1.52. The highest BCUT2D eigenvalue weighted by Crippen LogP contribution is 2.26. The maximum atomic E-state index is 12.4. The van der Waals surface area contributed by atoms with Crippen LogP contribution in [0.25, 0.3) is 5.57 Å². The van der Waals surface area contributed by atoms with Gasteiger partial charge in [0.25, 0.3) is 5.91 Å². The number of halogens is 2. The second kappa shape index (κ2) is 5.46. The Kier molecular flexibility index (Phi) is 3.68. The number of carbonyl (C=O) groups is 1. The Labute approximate surface area is 130 Å². The second-order valence-corrected chi connectivity index (χ2v) is 5.83. The van der Waals surface area contributed by atoms with E-state index in [-0.39, 0.29) is 5.91 Å². The zero-order chi connectivity index (χ0) is 14.1. The van der Waals surface area contributed by atoms with E-state index in [1.54, 1.807) is 11.0 Å². The number of hydrogen-bond donors (Lipinski definition) is 1. The van der Waals surface area contributed by atoms with Gasteiger partial charge in [-0.1, -0.05) is 48.0 Å². The Morgan fingerprint density at radius 2 is 2.05 bits per heavy atom. The molecule has 1 aromatic heterocycles. The van der Waals surface area contributed by atoms with E-state index in [0.717, 1.165) is 5.56 Å². The molecule has 0 saturated heterocycles. The van der Waals surface area contributed by atoms with Crippen molar-refractivity contribution >= 4 is 39.0 Å². The van der Waals surface area contributed by atoms with Gasteiger partial charge in [0.15, 0.2) is 0 Å². The Balaban J connectivity index is 1.74. The van der Waals surface area contributed by atoms with E-state index in [1.807, 2.05) is 18.2 Å². The first kappa shape index (κ1) is 13.5. The molecule has 1 aromatic carbocycles. The summed E-state index contributed by atoms with van der Waals surface area (Å²) in [5.41, 5.74) is 2.84. The summed E-state index contributed by atoms with van der Waals surface area (Å²) in [4.78, 5) is 17.1. The molecule has 1 aliphatic heterocycles. The zero-order valence-electron chi connectivity index (χ0n) is 10.6. The number of nitrogens with zero attached hydrogens (tertiary/aromatic N) is 1. The van der Waals surface area contributed by atoms with Gasteiger partial charge in [-0.25, -0.2) is 0 Å². The van der Waals surface area contributed by atoms with Crippen molar-refractivity contribution in [3.05, 3.63) is 63.4 Å². The highest BCUT2D eigenvalue weighted by Gasteiger charge is 2.23. The maximum absolute atomic E-state index is 12.4. The van der Waals surface area contributed by atoms with Gasteiger partial charge in [-0.3, -0.25) is 4.79 Å². The monoisotopic (exact) mass is 350 g/mol. The Bertz CT molecular complexity index is 659. The summed E-state index contributed by atoms with van der Waals surface area (Å²) in [5.74, 6) is -0.0419. The molecule has 0 spiro atoms. The summed E-state index contributed by atoms with van der Waals surface area (Å²) < 4.78 is 0.637. The number of hydrogen-bond acceptors (Lipinski definition) is 1. The van der Waals surface area contributed by atoms with Crippen LogP contribution in [0.5, 0.6) is 0 Å². The van der Waals surface area contributed by atoms with Crippen LogP contribution < -0.4 is 0 Å². The van der Waals surface area contributed by atoms with Gasteiger partial charge in [0.05, 0.1) is 5.02 Å². The number of aromatic nitrogens is 1. The van der Waals surface area contributed by atoms with Gasteiger partial charge < -0.3 is 9.88 Å². The summed E-state index contributed by atoms with van der Waals surface area (Å²) in [6.45, 7) is 1.24. The minimum Gasteiger partial charge on any atom is -0.344 e. The van der Waals surface area contributed by atoms with Gasteiger partial charge in [-0.15, -0.1) is 0 Å². The zero-order valence-corrected chi connectivity index (χ0v) is 12.9. The molecule has 0 saturated carbocycles. The van der Waals surface area contributed by atoms with Crippen molar-refractivity contribution in [1.29, 1.82) is 0 Å². The van der Waals surface area contributed by atoms with Crippen LogP contribution in [-0.4, -0.2) is 28.9 Å². The van der Waals surface area contributed by atoms with Crippen LogP contribution >= 0.6 is 27.5 Å². The third kappa shape index (κ3) is 2.53. The molecule has 102 valence electrons. The first-order chi connectivity index (χ1) is 9.65. The first-order valence-electron chi connectivity index (χ1n) is 6.23. The molecule has 3 rings (SSSR count). The van der Waals surface area contributed by atoms with Crippen LogP contribution in [0.3, 0.4) is 0 Å². The molecule has 1 N–H and O–H groups in total. The van der Waals surface area contributed by atoms with Crippen molar-refractivity contribution < 1.29 is 4.79 Å². The minimum atomic E-state index is -0.0419. The average molecular weight is 352 g/mol. The van der Waals surface area contributed by atoms with E-state index >= 15 is 0 Å². The third-order valence-corrected chi connectivity index (χ3v) is 4.46. The molecule has 0 unspecified atom stereocenters. The fourth-order valence-corrected chi connectivity index (χ4v) is 2.75. The predicted octanol–water partition coefficient (Wildman–Crippen LogP) is 3.97. The number of H-pyrrole nitrogens is 1. The highest BCUT2D eigenvalue weighted by molar-refractivity contribution is 9.10. The van der Waals surface area contributed by atoms with Crippen molar-refractivity contribution in [3.8, 4) is 0 Å². The van der Waals surface area contributed by atoms with Crippen LogP contribution in [0, 0.1) is 0 Å². The summed E-state index contributed by atoms with van der Waals surface area (Å²) in [6, 6.07) is 11.8. The standard InChI is InChI=1S/C15H12BrClN2O/c16-14-12(17)8-13(18-14)15(20)19-7-6-11(9-19)10-4-2-1-3-5-10/h1-6,8,18H,7,9H2. The van der Waals surface area contributed by atoms with Crippen LogP contribution in [-0.2, 0) is 0 Å². The molecular formula is C15H12BrClN2O. The molecule has 5 heteroatoms. The van der Waals surface area contributed by atoms with Crippen molar-refractivity contribution in [2.45, 2.75) is 0 Å². The number of nitrogens with one attached hydrogen (secondary N) is 1. The lowest BCUT2D eigenvalue weighted by atomic mass is 10.1. The molecule has 20 heavy (non-hydrogen) atoms. The fourth-order valence-electron chi connectivity index (χ4n) is 2.26. The van der Waals surface area contributed by atoms with Crippen LogP contribution in [0.15, 0.2) is 47.1 Å². The van der Waals surface area contributed by atoms with Crippen LogP contribution in [0.1, 0.15) is 16.1 Å². The predicted molar refractivity (Wildman–Crippen MR) is 83.8 cm³/mol. The maximum Gasteiger partial charge on any atom is 0.270 e. The molecular weight excluding hydrogens is 340 g/mol. The second-order valence-electron chi connectivity index (χ2n) is 4.63. The lowest BCUT2D eigenvalue weighted by molar-refractivity contribution is 0.0796. The summed E-state index contributed by atoms with van der Waals surface area (Å²) in [7, 11) is 0. The van der Waals surface area contributed by atoms with Crippen molar-refractivity contribution in [3.63, 3.8) is 0 Å². The van der Waals surface area contributed by atoms with Gasteiger partial charge >= 0.3 is 0 Å². The Morgan fingerprint density at radius 3 is 2.70 bits per heavy atom. The number of aromatic amines is 1. The number of carbonyl (C=O) groups excluding carboxylic acids is 1. The quantitative estimate of drug-likeness (QED) is 0.873. The van der Waals surface area contributed by atoms with E-state index in [1.165, 1.54) is 5.57 Å². The van der Waals surface area contributed by atoms with Gasteiger partial charge in [0, 0.05) is 13.1 Å². The smallest absolute Gasteiger partial charge is 0.270 e. The molecule has 2 aromatic rings. The summed E-state index contributed by atoms with van der Waals surface area (Å²) in [6.07, 6.45) is 2.09. The van der Waals surface area contributed by atoms with E-state index in [9.17, 15) is 4.79 Å². The van der Waals surface area contributed by atoms with Gasteiger partial charge in [-0.2, -0.15) is 0 Å². The highest BCUT2D eigenvalue weighted by atomic mass is 79.9. The van der Waals surface area contributed by atoms with Crippen molar-refractivity contribution in [2.24, 2.45) is 0 Å². The average Bonchev–Trinajstić information content (AvgIpc) is 3.07. The van der Waals surface area contributed by atoms with Crippen LogP contribution in [0.4, 0.5) is 0 Å². The molecule has 0 bridgehead atoms. The number of rotatable bonds is 2. The van der Waals surface area contributed by atoms with Crippen molar-refractivity contribution in [2.75, 3.05) is 13.1 Å². The summed E-state index contributed by atoms with van der Waals surface area (Å²) >= 11 is 9.21. The molecule has 0 atom stereocenters. The van der Waals surface area contributed by atoms with Gasteiger partial charge in [0.1, 0.15) is 10.3 Å². The topological polar surface area (TPSA) is 36.1 Å². The first-order valence-corrected chi connectivity index (χ1v) is 7.40. The molecule has 1 aliphatic rings. The van der Waals surface area contributed by atoms with E-state index in [0.29, 0.717) is 28.4 Å². The molecule has 1 amide bonds. The largest absolute Gasteiger partial charge is 0.344 e. The van der Waals surface area contributed by atoms with E-state index in [2.05, 4.69) is 39.1 Å². The Morgan fingerprint density at radius 1 is 1.30 bits per heavy atom. The summed E-state index contributed by atoms with van der Waals surface area (Å²) in [5, 5.41) is 0.517. The number of benzene rings is 1. The lowest BCUT2D eigenvalue weighted by Gasteiger charge is -2.15. The molecule has 0 radical (unpaired) electrons. The molecule has 0 aliphatic carbocycles. The van der Waals surface area contributed by atoms with E-state index < -0.39 is 0 Å². The molecule has 3 nitrogen and oxygen atoms in total. The number of amides is 1.